The maximum absolute atomic E-state index is 9.32. The average molecular weight is 256 g/mol. The summed E-state index contributed by atoms with van der Waals surface area (Å²) in [5, 5.41) is 16.9. The molecular formula is C10H14ClN5O. The Morgan fingerprint density at radius 1 is 1.53 bits per heavy atom. The summed E-state index contributed by atoms with van der Waals surface area (Å²) in [6.07, 6.45) is 1.69. The van der Waals surface area contributed by atoms with Gasteiger partial charge in [-0.1, -0.05) is 11.6 Å². The molecule has 92 valence electrons. The van der Waals surface area contributed by atoms with Gasteiger partial charge < -0.3 is 10.4 Å². The van der Waals surface area contributed by atoms with Crippen LogP contribution in [0.1, 0.15) is 20.3 Å². The van der Waals surface area contributed by atoms with Crippen LogP contribution in [-0.4, -0.2) is 36.8 Å². The monoisotopic (exact) mass is 255 g/mol. The fourth-order valence-corrected chi connectivity index (χ4v) is 1.89. The molecule has 2 aromatic heterocycles. The summed E-state index contributed by atoms with van der Waals surface area (Å²) < 4.78 is 1.57. The number of halogens is 1. The second-order valence-electron chi connectivity index (χ2n) is 4.07. The highest BCUT2D eigenvalue weighted by Crippen LogP contribution is 2.16. The Morgan fingerprint density at radius 2 is 2.29 bits per heavy atom. The van der Waals surface area contributed by atoms with E-state index in [1.807, 2.05) is 6.92 Å². The Labute approximate surface area is 104 Å². The van der Waals surface area contributed by atoms with Crippen LogP contribution in [0.5, 0.6) is 0 Å². The lowest BCUT2D eigenvalue weighted by molar-refractivity contribution is 0.179. The molecule has 2 N–H and O–H groups in total. The molecule has 0 aliphatic heterocycles. The van der Waals surface area contributed by atoms with Crippen LogP contribution in [0.25, 0.3) is 5.78 Å². The molecule has 0 aliphatic carbocycles. The molecule has 6 nitrogen and oxygen atoms in total. The van der Waals surface area contributed by atoms with Gasteiger partial charge in [-0.3, -0.25) is 0 Å². The van der Waals surface area contributed by atoms with Gasteiger partial charge in [-0.15, -0.1) is 0 Å². The minimum atomic E-state index is -0.360. The Bertz CT molecular complexity index is 512. The zero-order valence-electron chi connectivity index (χ0n) is 9.63. The molecule has 0 saturated carbocycles. The molecule has 2 heterocycles. The number of anilines is 1. The van der Waals surface area contributed by atoms with Crippen molar-refractivity contribution in [1.29, 1.82) is 0 Å². The third-order valence-electron chi connectivity index (χ3n) is 2.31. The van der Waals surface area contributed by atoms with Crippen LogP contribution in [0, 0.1) is 0 Å². The van der Waals surface area contributed by atoms with E-state index in [-0.39, 0.29) is 12.1 Å². The predicted molar refractivity (Wildman–Crippen MR) is 65.2 cm³/mol. The molecule has 0 spiro atoms. The van der Waals surface area contributed by atoms with Gasteiger partial charge in [0.1, 0.15) is 17.3 Å². The van der Waals surface area contributed by atoms with Crippen molar-refractivity contribution in [1.82, 2.24) is 19.6 Å². The van der Waals surface area contributed by atoms with Gasteiger partial charge in [-0.25, -0.2) is 0 Å². The van der Waals surface area contributed by atoms with Gasteiger partial charge in [0.2, 0.25) is 0 Å². The van der Waals surface area contributed by atoms with E-state index in [1.165, 1.54) is 6.33 Å². The summed E-state index contributed by atoms with van der Waals surface area (Å²) in [6.45, 7) is 3.73. The average Bonchev–Trinajstić information content (AvgIpc) is 2.63. The second kappa shape index (κ2) is 4.85. The van der Waals surface area contributed by atoms with Crippen molar-refractivity contribution in [3.8, 4) is 0 Å². The molecule has 2 atom stereocenters. The summed E-state index contributed by atoms with van der Waals surface area (Å²) in [5.41, 5.74) is 0. The Balaban J connectivity index is 2.25. The first-order valence-corrected chi connectivity index (χ1v) is 5.75. The standard InChI is InChI=1S/C10H14ClN5O/c1-6(3-7(2)17)14-9-4-8(11)15-10-12-5-13-16(9)10/h4-7,14,17H,3H2,1-2H3. The minimum absolute atomic E-state index is 0.0980. The molecule has 0 aromatic carbocycles. The van der Waals surface area contributed by atoms with Crippen molar-refractivity contribution in [3.05, 3.63) is 17.5 Å². The summed E-state index contributed by atoms with van der Waals surface area (Å²) >= 11 is 5.89. The van der Waals surface area contributed by atoms with Crippen LogP contribution in [0.2, 0.25) is 5.15 Å². The maximum atomic E-state index is 9.32. The first kappa shape index (κ1) is 12.1. The number of aliphatic hydroxyl groups is 1. The normalized spacial score (nSPS) is 14.8. The van der Waals surface area contributed by atoms with Crippen molar-refractivity contribution < 1.29 is 5.11 Å². The SMILES string of the molecule is CC(O)CC(C)Nc1cc(Cl)nc2ncnn12. The lowest BCUT2D eigenvalue weighted by Gasteiger charge is -2.17. The number of nitrogens with zero attached hydrogens (tertiary/aromatic N) is 4. The van der Waals surface area contributed by atoms with Gasteiger partial charge in [0.25, 0.3) is 5.78 Å². The largest absolute Gasteiger partial charge is 0.393 e. The molecule has 0 saturated heterocycles. The summed E-state index contributed by atoms with van der Waals surface area (Å²) in [4.78, 5) is 8.01. The highest BCUT2D eigenvalue weighted by atomic mass is 35.5. The van der Waals surface area contributed by atoms with Gasteiger partial charge in [-0.05, 0) is 20.3 Å². The molecule has 0 aliphatic rings. The van der Waals surface area contributed by atoms with Crippen molar-refractivity contribution in [3.63, 3.8) is 0 Å². The lowest BCUT2D eigenvalue weighted by Crippen LogP contribution is -2.22. The number of hydrogen-bond donors (Lipinski definition) is 2. The number of aliphatic hydroxyl groups excluding tert-OH is 1. The van der Waals surface area contributed by atoms with Crippen LogP contribution >= 0.6 is 11.6 Å². The second-order valence-corrected chi connectivity index (χ2v) is 4.45. The van der Waals surface area contributed by atoms with Crippen LogP contribution in [0.4, 0.5) is 5.82 Å². The first-order chi connectivity index (χ1) is 8.06. The van der Waals surface area contributed by atoms with Gasteiger partial charge in [0, 0.05) is 12.1 Å². The quantitative estimate of drug-likeness (QED) is 0.807. The third-order valence-corrected chi connectivity index (χ3v) is 2.50. The minimum Gasteiger partial charge on any atom is -0.393 e. The fourth-order valence-electron chi connectivity index (χ4n) is 1.71. The van der Waals surface area contributed by atoms with Crippen LogP contribution in [-0.2, 0) is 0 Å². The molecule has 17 heavy (non-hydrogen) atoms. The molecular weight excluding hydrogens is 242 g/mol. The van der Waals surface area contributed by atoms with Gasteiger partial charge in [0.15, 0.2) is 0 Å². The first-order valence-electron chi connectivity index (χ1n) is 5.37. The maximum Gasteiger partial charge on any atom is 0.255 e. The smallest absolute Gasteiger partial charge is 0.255 e. The summed E-state index contributed by atoms with van der Waals surface area (Å²) in [5.74, 6) is 1.16. The van der Waals surface area contributed by atoms with Crippen molar-refractivity contribution in [2.45, 2.75) is 32.4 Å². The molecule has 0 radical (unpaired) electrons. The van der Waals surface area contributed by atoms with Crippen molar-refractivity contribution in [2.75, 3.05) is 5.32 Å². The topological polar surface area (TPSA) is 75.3 Å². The Kier molecular flexibility index (Phi) is 3.44. The molecule has 0 fully saturated rings. The van der Waals surface area contributed by atoms with E-state index in [0.717, 1.165) is 0 Å². The Hall–Kier alpha value is -1.40. The zero-order valence-corrected chi connectivity index (χ0v) is 10.4. The van der Waals surface area contributed by atoms with E-state index in [0.29, 0.717) is 23.2 Å². The number of rotatable bonds is 4. The highest BCUT2D eigenvalue weighted by Gasteiger charge is 2.10. The van der Waals surface area contributed by atoms with E-state index < -0.39 is 0 Å². The molecule has 2 unspecified atom stereocenters. The lowest BCUT2D eigenvalue weighted by atomic mass is 10.1. The van der Waals surface area contributed by atoms with Gasteiger partial charge >= 0.3 is 0 Å². The van der Waals surface area contributed by atoms with E-state index in [4.69, 9.17) is 11.6 Å². The molecule has 0 amide bonds. The van der Waals surface area contributed by atoms with Crippen molar-refractivity contribution in [2.24, 2.45) is 0 Å². The number of fused-ring (bicyclic) bond motifs is 1. The van der Waals surface area contributed by atoms with Crippen LogP contribution in [0.3, 0.4) is 0 Å². The number of nitrogens with one attached hydrogen (secondary N) is 1. The van der Waals surface area contributed by atoms with Gasteiger partial charge in [0.05, 0.1) is 6.10 Å². The molecule has 0 bridgehead atoms. The van der Waals surface area contributed by atoms with E-state index in [9.17, 15) is 5.11 Å². The Morgan fingerprint density at radius 3 is 3.00 bits per heavy atom. The van der Waals surface area contributed by atoms with Crippen LogP contribution < -0.4 is 5.32 Å². The third kappa shape index (κ3) is 2.83. The summed E-state index contributed by atoms with van der Waals surface area (Å²) in [6, 6.07) is 1.78. The molecule has 2 aromatic rings. The predicted octanol–water partition coefficient (Wildman–Crippen LogP) is 1.35. The molecule has 7 heteroatoms. The molecule has 2 rings (SSSR count). The fraction of sp³-hybridized carbons (Fsp3) is 0.500. The number of hydrogen-bond acceptors (Lipinski definition) is 5. The van der Waals surface area contributed by atoms with Gasteiger partial charge in [-0.2, -0.15) is 19.6 Å². The zero-order chi connectivity index (χ0) is 12.4. The summed E-state index contributed by atoms with van der Waals surface area (Å²) in [7, 11) is 0. The highest BCUT2D eigenvalue weighted by molar-refractivity contribution is 6.29. The van der Waals surface area contributed by atoms with E-state index in [2.05, 4.69) is 20.4 Å². The van der Waals surface area contributed by atoms with Crippen LogP contribution in [0.15, 0.2) is 12.4 Å². The van der Waals surface area contributed by atoms with Crippen molar-refractivity contribution >= 4 is 23.2 Å². The van der Waals surface area contributed by atoms with E-state index >= 15 is 0 Å². The van der Waals surface area contributed by atoms with E-state index in [1.54, 1.807) is 17.5 Å². The number of aromatic nitrogens is 4.